The topological polar surface area (TPSA) is 36.0 Å². The van der Waals surface area contributed by atoms with E-state index < -0.39 is 0 Å². The van der Waals surface area contributed by atoms with Crippen LogP contribution in [0.3, 0.4) is 0 Å². The predicted molar refractivity (Wildman–Crippen MR) is 101 cm³/mol. The van der Waals surface area contributed by atoms with Crippen LogP contribution in [0.25, 0.3) is 0 Å². The normalized spacial score (nSPS) is 25.5. The third-order valence-corrected chi connectivity index (χ3v) is 6.56. The number of likely N-dealkylation sites (tertiary alicyclic amines) is 1. The zero-order valence-electron chi connectivity index (χ0n) is 16.5. The van der Waals surface area contributed by atoms with Gasteiger partial charge in [-0.3, -0.25) is 9.69 Å². The van der Waals surface area contributed by atoms with Crippen LogP contribution in [0.4, 0.5) is 0 Å². The Morgan fingerprint density at radius 1 is 1.04 bits per heavy atom. The Balaban J connectivity index is 1.34. The molecule has 2 heterocycles. The van der Waals surface area contributed by atoms with Crippen molar-refractivity contribution >= 4 is 5.91 Å². The highest BCUT2D eigenvalue weighted by Gasteiger charge is 2.45. The van der Waals surface area contributed by atoms with Crippen LogP contribution >= 0.6 is 0 Å². The number of nitrogens with zero attached hydrogens (tertiary/aromatic N) is 3. The van der Waals surface area contributed by atoms with Crippen molar-refractivity contribution < 1.29 is 9.53 Å². The van der Waals surface area contributed by atoms with Crippen molar-refractivity contribution in [1.29, 1.82) is 0 Å². The summed E-state index contributed by atoms with van der Waals surface area (Å²) in [7, 11) is 0. The quantitative estimate of drug-likeness (QED) is 0.734. The van der Waals surface area contributed by atoms with Crippen molar-refractivity contribution in [2.75, 3.05) is 59.0 Å². The molecule has 0 radical (unpaired) electrons. The van der Waals surface area contributed by atoms with Crippen LogP contribution in [0, 0.1) is 11.3 Å². The predicted octanol–water partition coefficient (Wildman–Crippen LogP) is 2.07. The standard InChI is InChI=1S/C20H37N3O2/c1-4-21-9-11-23(12-10-21)19(24)15-22-7-5-20(6-8-22)13-18(14-20)16-25-17(2)3/h17-18H,4-16H2,1-3H3. The van der Waals surface area contributed by atoms with E-state index in [4.69, 9.17) is 4.74 Å². The fourth-order valence-electron chi connectivity index (χ4n) is 4.81. The van der Waals surface area contributed by atoms with Gasteiger partial charge in [-0.25, -0.2) is 0 Å². The molecule has 0 aromatic heterocycles. The molecule has 1 amide bonds. The van der Waals surface area contributed by atoms with Gasteiger partial charge in [0, 0.05) is 32.8 Å². The highest BCUT2D eigenvalue weighted by atomic mass is 16.5. The Hall–Kier alpha value is -0.650. The Morgan fingerprint density at radius 3 is 2.24 bits per heavy atom. The fourth-order valence-corrected chi connectivity index (χ4v) is 4.81. The van der Waals surface area contributed by atoms with Crippen molar-refractivity contribution in [3.8, 4) is 0 Å². The molecule has 5 heteroatoms. The zero-order valence-corrected chi connectivity index (χ0v) is 16.5. The zero-order chi connectivity index (χ0) is 17.9. The summed E-state index contributed by atoms with van der Waals surface area (Å²) in [6.45, 7) is 15.2. The average molecular weight is 352 g/mol. The van der Waals surface area contributed by atoms with Crippen molar-refractivity contribution in [3.63, 3.8) is 0 Å². The van der Waals surface area contributed by atoms with E-state index in [1.165, 1.54) is 25.7 Å². The Kier molecular flexibility index (Phi) is 6.39. The van der Waals surface area contributed by atoms with Crippen LogP contribution in [0.1, 0.15) is 46.5 Å². The lowest BCUT2D eigenvalue weighted by Crippen LogP contribution is -2.53. The molecule has 0 aromatic rings. The molecule has 0 bridgehead atoms. The Labute approximate surface area is 153 Å². The summed E-state index contributed by atoms with van der Waals surface area (Å²) in [6.07, 6.45) is 5.55. The van der Waals surface area contributed by atoms with Gasteiger partial charge in [0.05, 0.1) is 12.6 Å². The molecule has 25 heavy (non-hydrogen) atoms. The molecule has 1 spiro atoms. The van der Waals surface area contributed by atoms with Crippen LogP contribution in [-0.4, -0.2) is 85.7 Å². The molecule has 2 aliphatic heterocycles. The second-order valence-electron chi connectivity index (χ2n) is 8.75. The van der Waals surface area contributed by atoms with Gasteiger partial charge in [0.25, 0.3) is 0 Å². The molecular formula is C20H37N3O2. The largest absolute Gasteiger partial charge is 0.379 e. The summed E-state index contributed by atoms with van der Waals surface area (Å²) in [5, 5.41) is 0. The Bertz CT molecular complexity index is 430. The van der Waals surface area contributed by atoms with E-state index in [0.29, 0.717) is 24.0 Å². The molecule has 5 nitrogen and oxygen atoms in total. The van der Waals surface area contributed by atoms with Gasteiger partial charge < -0.3 is 14.5 Å². The van der Waals surface area contributed by atoms with Gasteiger partial charge in [-0.1, -0.05) is 6.92 Å². The molecular weight excluding hydrogens is 314 g/mol. The second kappa shape index (κ2) is 8.36. The SMILES string of the molecule is CCN1CCN(C(=O)CN2CCC3(CC2)CC(COC(C)C)C3)CC1. The van der Waals surface area contributed by atoms with Crippen LogP contribution in [0.5, 0.6) is 0 Å². The van der Waals surface area contributed by atoms with Crippen LogP contribution in [0.2, 0.25) is 0 Å². The van der Waals surface area contributed by atoms with Crippen molar-refractivity contribution in [2.24, 2.45) is 11.3 Å². The van der Waals surface area contributed by atoms with Gasteiger partial charge in [0.15, 0.2) is 0 Å². The van der Waals surface area contributed by atoms with Gasteiger partial charge in [-0.15, -0.1) is 0 Å². The Morgan fingerprint density at radius 2 is 1.68 bits per heavy atom. The number of hydrogen-bond acceptors (Lipinski definition) is 4. The summed E-state index contributed by atoms with van der Waals surface area (Å²) in [4.78, 5) is 19.4. The third kappa shape index (κ3) is 4.95. The van der Waals surface area contributed by atoms with E-state index in [-0.39, 0.29) is 0 Å². The number of hydrogen-bond donors (Lipinski definition) is 0. The summed E-state index contributed by atoms with van der Waals surface area (Å²) in [6, 6.07) is 0. The first-order valence-electron chi connectivity index (χ1n) is 10.3. The van der Waals surface area contributed by atoms with Gasteiger partial charge in [0.1, 0.15) is 0 Å². The van der Waals surface area contributed by atoms with Crippen LogP contribution in [-0.2, 0) is 9.53 Å². The lowest BCUT2D eigenvalue weighted by molar-refractivity contribution is -0.135. The summed E-state index contributed by atoms with van der Waals surface area (Å²) in [5.41, 5.74) is 0.567. The molecule has 2 saturated heterocycles. The molecule has 3 rings (SSSR count). The first-order valence-corrected chi connectivity index (χ1v) is 10.3. The smallest absolute Gasteiger partial charge is 0.236 e. The minimum absolute atomic E-state index is 0.337. The highest BCUT2D eigenvalue weighted by Crippen LogP contribution is 2.52. The van der Waals surface area contributed by atoms with Gasteiger partial charge in [-0.2, -0.15) is 0 Å². The van der Waals surface area contributed by atoms with E-state index in [9.17, 15) is 4.79 Å². The minimum Gasteiger partial charge on any atom is -0.379 e. The minimum atomic E-state index is 0.337. The maximum absolute atomic E-state index is 12.6. The number of piperazine rings is 1. The first kappa shape index (κ1) is 19.1. The number of rotatable bonds is 6. The second-order valence-corrected chi connectivity index (χ2v) is 8.75. The van der Waals surface area contributed by atoms with E-state index in [1.807, 2.05) is 0 Å². The molecule has 0 atom stereocenters. The molecule has 144 valence electrons. The van der Waals surface area contributed by atoms with E-state index in [2.05, 4.69) is 35.5 Å². The van der Waals surface area contributed by atoms with Gasteiger partial charge in [-0.05, 0) is 70.5 Å². The number of carbonyl (C=O) groups is 1. The number of likely N-dealkylation sites (N-methyl/N-ethyl adjacent to an activating group) is 1. The summed E-state index contributed by atoms with van der Waals surface area (Å²) >= 11 is 0. The lowest BCUT2D eigenvalue weighted by Gasteiger charge is -2.52. The maximum Gasteiger partial charge on any atom is 0.236 e. The first-order chi connectivity index (χ1) is 12.0. The molecule has 0 unspecified atom stereocenters. The van der Waals surface area contributed by atoms with Gasteiger partial charge in [0.2, 0.25) is 5.91 Å². The number of carbonyl (C=O) groups excluding carboxylic acids is 1. The van der Waals surface area contributed by atoms with Crippen molar-refractivity contribution in [3.05, 3.63) is 0 Å². The monoisotopic (exact) mass is 351 g/mol. The van der Waals surface area contributed by atoms with E-state index in [1.54, 1.807) is 0 Å². The number of ether oxygens (including phenoxy) is 1. The van der Waals surface area contributed by atoms with E-state index >= 15 is 0 Å². The molecule has 0 N–H and O–H groups in total. The molecule has 1 aliphatic carbocycles. The van der Waals surface area contributed by atoms with E-state index in [0.717, 1.165) is 58.3 Å². The lowest BCUT2D eigenvalue weighted by atomic mass is 9.58. The van der Waals surface area contributed by atoms with Crippen LogP contribution < -0.4 is 0 Å². The van der Waals surface area contributed by atoms with Crippen LogP contribution in [0.15, 0.2) is 0 Å². The molecule has 1 saturated carbocycles. The summed E-state index contributed by atoms with van der Waals surface area (Å²) in [5.74, 6) is 1.11. The fraction of sp³-hybridized carbons (Fsp3) is 0.950. The molecule has 0 aromatic carbocycles. The molecule has 3 aliphatic rings. The van der Waals surface area contributed by atoms with Crippen molar-refractivity contribution in [1.82, 2.24) is 14.7 Å². The van der Waals surface area contributed by atoms with Gasteiger partial charge >= 0.3 is 0 Å². The summed E-state index contributed by atoms with van der Waals surface area (Å²) < 4.78 is 5.77. The number of piperidine rings is 1. The maximum atomic E-state index is 12.6. The highest BCUT2D eigenvalue weighted by molar-refractivity contribution is 5.78. The molecule has 3 fully saturated rings. The average Bonchev–Trinajstić information content (AvgIpc) is 2.59. The third-order valence-electron chi connectivity index (χ3n) is 6.56. The van der Waals surface area contributed by atoms with Crippen molar-refractivity contribution in [2.45, 2.75) is 52.6 Å². The number of amides is 1.